The summed E-state index contributed by atoms with van der Waals surface area (Å²) in [7, 11) is 0. The van der Waals surface area contributed by atoms with Crippen LogP contribution in [-0.2, 0) is 16.0 Å². The van der Waals surface area contributed by atoms with Crippen LogP contribution in [0.1, 0.15) is 86.1 Å². The third kappa shape index (κ3) is 10.1. The van der Waals surface area contributed by atoms with Gasteiger partial charge in [-0.25, -0.2) is 4.79 Å². The minimum absolute atomic E-state index is 0.0559. The number of nitrogens with zero attached hydrogens (tertiary/aromatic N) is 1. The van der Waals surface area contributed by atoms with E-state index in [1.165, 1.54) is 5.06 Å². The van der Waals surface area contributed by atoms with E-state index >= 15 is 0 Å². The Hall–Kier alpha value is -2.38. The van der Waals surface area contributed by atoms with E-state index in [2.05, 4.69) is 31.4 Å². The first-order valence-electron chi connectivity index (χ1n) is 13.8. The van der Waals surface area contributed by atoms with Crippen molar-refractivity contribution < 1.29 is 19.5 Å². The van der Waals surface area contributed by atoms with E-state index in [1.54, 1.807) is 0 Å². The molecule has 208 valence electrons. The molecule has 2 amide bonds. The van der Waals surface area contributed by atoms with Gasteiger partial charge in [0.25, 0.3) is 0 Å². The normalized spacial score (nSPS) is 19.5. The van der Waals surface area contributed by atoms with E-state index in [0.29, 0.717) is 38.1 Å². The number of amides is 2. The molecule has 1 aliphatic rings. The minimum atomic E-state index is -0.453. The van der Waals surface area contributed by atoms with Crippen LogP contribution < -0.4 is 10.6 Å². The van der Waals surface area contributed by atoms with Gasteiger partial charge in [-0.05, 0) is 77.4 Å². The van der Waals surface area contributed by atoms with Crippen LogP contribution in [0.15, 0.2) is 42.5 Å². The number of hydroxylamine groups is 2. The van der Waals surface area contributed by atoms with E-state index in [4.69, 9.17) is 4.74 Å². The number of carbonyl (C=O) groups excluding carboxylic acids is 2. The number of carbonyl (C=O) groups is 2. The largest absolute Gasteiger partial charge is 0.442 e. The smallest absolute Gasteiger partial charge is 0.407 e. The quantitative estimate of drug-likeness (QED) is 0.239. The lowest BCUT2D eigenvalue weighted by Gasteiger charge is -2.51. The lowest BCUT2D eigenvalue weighted by molar-refractivity contribution is -0.246. The number of ether oxygens (including phenoxy) is 1. The number of hydrogen-bond acceptors (Lipinski definition) is 5. The van der Waals surface area contributed by atoms with Crippen LogP contribution in [0.4, 0.5) is 4.79 Å². The monoisotopic (exact) mass is 515 g/mol. The van der Waals surface area contributed by atoms with Gasteiger partial charge in [-0.3, -0.25) is 4.79 Å². The van der Waals surface area contributed by atoms with E-state index in [-0.39, 0.29) is 11.9 Å². The number of hydrogen-bond donors (Lipinski definition) is 3. The molecule has 2 rings (SSSR count). The van der Waals surface area contributed by atoms with Gasteiger partial charge in [-0.2, -0.15) is 5.06 Å². The van der Waals surface area contributed by atoms with Gasteiger partial charge in [-0.15, -0.1) is 0 Å². The zero-order chi connectivity index (χ0) is 27.6. The highest BCUT2D eigenvalue weighted by molar-refractivity contribution is 5.81. The third-order valence-corrected chi connectivity index (χ3v) is 6.94. The zero-order valence-electron chi connectivity index (χ0n) is 23.9. The summed E-state index contributed by atoms with van der Waals surface area (Å²) in [6, 6.07) is 9.90. The molecule has 0 unspecified atom stereocenters. The first kappa shape index (κ1) is 30.8. The molecule has 0 aromatic heterocycles. The molecule has 1 saturated heterocycles. The topological polar surface area (TPSA) is 90.9 Å². The molecule has 0 saturated carbocycles. The third-order valence-electron chi connectivity index (χ3n) is 6.94. The van der Waals surface area contributed by atoms with Crippen LogP contribution in [0.2, 0.25) is 0 Å². The molecule has 37 heavy (non-hydrogen) atoms. The van der Waals surface area contributed by atoms with Crippen molar-refractivity contribution in [2.45, 2.75) is 110 Å². The van der Waals surface area contributed by atoms with Gasteiger partial charge in [0.1, 0.15) is 6.10 Å². The molecule has 1 heterocycles. The van der Waals surface area contributed by atoms with Gasteiger partial charge in [0.05, 0.1) is 5.92 Å². The number of rotatable bonds is 12. The van der Waals surface area contributed by atoms with Crippen LogP contribution >= 0.6 is 0 Å². The highest BCUT2D eigenvalue weighted by atomic mass is 16.6. The molecule has 1 aromatic rings. The molecular formula is C30H49N3O4. The second-order valence-corrected chi connectivity index (χ2v) is 12.1. The molecule has 7 nitrogen and oxygen atoms in total. The minimum Gasteiger partial charge on any atom is -0.442 e. The van der Waals surface area contributed by atoms with E-state index in [0.717, 1.165) is 18.4 Å². The lowest BCUT2D eigenvalue weighted by atomic mass is 9.78. The first-order chi connectivity index (χ1) is 17.3. The number of benzene rings is 1. The highest BCUT2D eigenvalue weighted by Crippen LogP contribution is 2.36. The summed E-state index contributed by atoms with van der Waals surface area (Å²) in [6.07, 6.45) is 7.36. The maximum Gasteiger partial charge on any atom is 0.407 e. The average Bonchev–Trinajstić information content (AvgIpc) is 2.80. The van der Waals surface area contributed by atoms with E-state index in [9.17, 15) is 14.8 Å². The Labute approximate surface area is 224 Å². The van der Waals surface area contributed by atoms with Gasteiger partial charge < -0.3 is 20.6 Å². The Kier molecular flexibility index (Phi) is 11.6. The van der Waals surface area contributed by atoms with Gasteiger partial charge >= 0.3 is 6.09 Å². The van der Waals surface area contributed by atoms with Crippen molar-refractivity contribution in [2.75, 3.05) is 6.54 Å². The van der Waals surface area contributed by atoms with Crippen molar-refractivity contribution in [2.24, 2.45) is 11.8 Å². The van der Waals surface area contributed by atoms with Crippen LogP contribution in [0.25, 0.3) is 0 Å². The summed E-state index contributed by atoms with van der Waals surface area (Å²) in [6.45, 7) is 14.8. The van der Waals surface area contributed by atoms with Crippen molar-refractivity contribution in [1.82, 2.24) is 15.7 Å². The van der Waals surface area contributed by atoms with Crippen molar-refractivity contribution in [3.63, 3.8) is 0 Å². The van der Waals surface area contributed by atoms with Gasteiger partial charge in [0.2, 0.25) is 5.91 Å². The molecule has 1 aromatic carbocycles. The molecule has 3 N–H and O–H groups in total. The Morgan fingerprint density at radius 3 is 2.30 bits per heavy atom. The standard InChI is InChI=1S/C30H49N3O4/c1-8-9-17-31-28(35)37-26(18-22(2)3)16-15-24(19-23-13-11-10-12-14-23)27(34)32-25-20-29(4,5)33(36)30(6,7)21-25/h10-16,22,24-26,36H,8-9,17-21H2,1-7H3,(H,31,35)(H,32,34)/b16-15+/t24-,26-/m1/s1. The molecule has 2 atom stereocenters. The Bertz CT molecular complexity index is 864. The second kappa shape index (κ2) is 14.0. The lowest BCUT2D eigenvalue weighted by Crippen LogP contribution is -2.63. The molecule has 0 aliphatic carbocycles. The maximum absolute atomic E-state index is 13.6. The van der Waals surface area contributed by atoms with E-state index in [1.807, 2.05) is 70.2 Å². The molecular weight excluding hydrogens is 466 g/mol. The van der Waals surface area contributed by atoms with Crippen LogP contribution in [0.5, 0.6) is 0 Å². The summed E-state index contributed by atoms with van der Waals surface area (Å²) in [5.74, 6) is -0.145. The molecule has 0 spiro atoms. The summed E-state index contributed by atoms with van der Waals surface area (Å²) in [5.41, 5.74) is 0.161. The fourth-order valence-electron chi connectivity index (χ4n) is 5.23. The van der Waals surface area contributed by atoms with Crippen molar-refractivity contribution in [3.8, 4) is 0 Å². The summed E-state index contributed by atoms with van der Waals surface area (Å²) in [5, 5.41) is 18.1. The first-order valence-corrected chi connectivity index (χ1v) is 13.8. The number of nitrogens with one attached hydrogen (secondary N) is 2. The zero-order valence-corrected chi connectivity index (χ0v) is 23.9. The summed E-state index contributed by atoms with van der Waals surface area (Å²) >= 11 is 0. The average molecular weight is 516 g/mol. The summed E-state index contributed by atoms with van der Waals surface area (Å²) < 4.78 is 5.70. The SMILES string of the molecule is CCCCNC(=O)O[C@H](/C=C/[C@H](Cc1ccccc1)C(=O)NC1CC(C)(C)N(O)C(C)(C)C1)CC(C)C. The number of alkyl carbamates (subject to hydrolysis) is 1. The molecule has 0 radical (unpaired) electrons. The van der Waals surface area contributed by atoms with Crippen molar-refractivity contribution in [3.05, 3.63) is 48.0 Å². The van der Waals surface area contributed by atoms with Crippen LogP contribution in [0.3, 0.4) is 0 Å². The fraction of sp³-hybridized carbons (Fsp3) is 0.667. The summed E-state index contributed by atoms with van der Waals surface area (Å²) in [4.78, 5) is 25.9. The van der Waals surface area contributed by atoms with Gasteiger partial charge in [0, 0.05) is 23.7 Å². The van der Waals surface area contributed by atoms with Crippen LogP contribution in [-0.4, -0.2) is 52.0 Å². The Morgan fingerprint density at radius 1 is 1.11 bits per heavy atom. The van der Waals surface area contributed by atoms with Gasteiger partial charge in [-0.1, -0.05) is 63.6 Å². The maximum atomic E-state index is 13.6. The second-order valence-electron chi connectivity index (χ2n) is 12.1. The fourth-order valence-corrected chi connectivity index (χ4v) is 5.23. The Morgan fingerprint density at radius 2 is 1.73 bits per heavy atom. The van der Waals surface area contributed by atoms with Crippen LogP contribution in [0, 0.1) is 11.8 Å². The Balaban J connectivity index is 2.19. The van der Waals surface area contributed by atoms with E-state index < -0.39 is 29.2 Å². The molecule has 1 fully saturated rings. The molecule has 1 aliphatic heterocycles. The number of unbranched alkanes of at least 4 members (excludes halogenated alkanes) is 1. The highest BCUT2D eigenvalue weighted by Gasteiger charge is 2.45. The predicted octanol–water partition coefficient (Wildman–Crippen LogP) is 5.87. The van der Waals surface area contributed by atoms with Crippen molar-refractivity contribution >= 4 is 12.0 Å². The van der Waals surface area contributed by atoms with Gasteiger partial charge in [0.15, 0.2) is 0 Å². The van der Waals surface area contributed by atoms with Crippen molar-refractivity contribution in [1.29, 1.82) is 0 Å². The molecule has 7 heteroatoms. The molecule has 0 bridgehead atoms. The number of piperidine rings is 1. The predicted molar refractivity (Wildman–Crippen MR) is 148 cm³/mol.